The lowest BCUT2D eigenvalue weighted by atomic mass is 9.81. The number of rotatable bonds is 4. The van der Waals surface area contributed by atoms with Crippen LogP contribution in [0.4, 0.5) is 0 Å². The van der Waals surface area contributed by atoms with Gasteiger partial charge in [-0.25, -0.2) is 0 Å². The van der Waals surface area contributed by atoms with Crippen molar-refractivity contribution in [3.63, 3.8) is 0 Å². The lowest BCUT2D eigenvalue weighted by Gasteiger charge is -2.34. The van der Waals surface area contributed by atoms with E-state index in [-0.39, 0.29) is 12.3 Å². The third-order valence-electron chi connectivity index (χ3n) is 4.01. The Morgan fingerprint density at radius 2 is 2.00 bits per heavy atom. The Morgan fingerprint density at radius 1 is 1.30 bits per heavy atom. The minimum Gasteiger partial charge on any atom is -0.481 e. The number of nitrogens with one attached hydrogen (secondary N) is 1. The molecule has 2 rings (SSSR count). The van der Waals surface area contributed by atoms with Gasteiger partial charge in [0.05, 0.1) is 5.54 Å². The first-order valence-electron chi connectivity index (χ1n) is 7.12. The standard InChI is InChI=1S/C16H21NO3/c1-12-5-7-13(8-6-12)16(11-9-15(19)20)10-3-2-4-14(18)17-16/h5-8H,2-4,9-11H2,1H3,(H,17,18)(H,19,20). The molecule has 0 saturated carbocycles. The summed E-state index contributed by atoms with van der Waals surface area (Å²) in [5.74, 6) is -0.802. The zero-order valence-corrected chi connectivity index (χ0v) is 11.8. The van der Waals surface area contributed by atoms with Crippen molar-refractivity contribution >= 4 is 11.9 Å². The zero-order chi connectivity index (χ0) is 14.6. The number of carbonyl (C=O) groups excluding carboxylic acids is 1. The van der Waals surface area contributed by atoms with Gasteiger partial charge >= 0.3 is 5.97 Å². The van der Waals surface area contributed by atoms with Crippen LogP contribution in [0, 0.1) is 6.92 Å². The molecule has 1 unspecified atom stereocenters. The van der Waals surface area contributed by atoms with Crippen molar-refractivity contribution in [1.82, 2.24) is 5.32 Å². The first-order valence-corrected chi connectivity index (χ1v) is 7.12. The van der Waals surface area contributed by atoms with Gasteiger partial charge in [-0.05, 0) is 31.7 Å². The Labute approximate surface area is 119 Å². The van der Waals surface area contributed by atoms with Gasteiger partial charge in [0.25, 0.3) is 0 Å². The van der Waals surface area contributed by atoms with E-state index in [4.69, 9.17) is 5.11 Å². The molecular formula is C16H21NO3. The van der Waals surface area contributed by atoms with Crippen LogP contribution in [0.3, 0.4) is 0 Å². The SMILES string of the molecule is Cc1ccc(C2(CCC(=O)O)CCCCC(=O)N2)cc1. The summed E-state index contributed by atoms with van der Waals surface area (Å²) >= 11 is 0. The fraction of sp³-hybridized carbons (Fsp3) is 0.500. The Morgan fingerprint density at radius 3 is 2.65 bits per heavy atom. The van der Waals surface area contributed by atoms with Gasteiger partial charge in [-0.15, -0.1) is 0 Å². The van der Waals surface area contributed by atoms with Crippen molar-refractivity contribution in [2.45, 2.75) is 51.0 Å². The summed E-state index contributed by atoms with van der Waals surface area (Å²) in [6.07, 6.45) is 3.64. The van der Waals surface area contributed by atoms with Gasteiger partial charge in [-0.2, -0.15) is 0 Å². The lowest BCUT2D eigenvalue weighted by molar-refractivity contribution is -0.138. The minimum absolute atomic E-state index is 0.0217. The maximum absolute atomic E-state index is 11.9. The van der Waals surface area contributed by atoms with Crippen molar-refractivity contribution in [2.75, 3.05) is 0 Å². The molecule has 1 aromatic carbocycles. The zero-order valence-electron chi connectivity index (χ0n) is 11.8. The van der Waals surface area contributed by atoms with Crippen LogP contribution in [-0.4, -0.2) is 17.0 Å². The molecule has 1 aromatic rings. The first kappa shape index (κ1) is 14.6. The highest BCUT2D eigenvalue weighted by atomic mass is 16.4. The van der Waals surface area contributed by atoms with Gasteiger partial charge < -0.3 is 10.4 Å². The fourth-order valence-electron chi connectivity index (χ4n) is 2.85. The highest BCUT2D eigenvalue weighted by Crippen LogP contribution is 2.34. The van der Waals surface area contributed by atoms with Crippen molar-refractivity contribution in [2.24, 2.45) is 0 Å². The number of benzene rings is 1. The summed E-state index contributed by atoms with van der Waals surface area (Å²) in [6.45, 7) is 2.01. The van der Waals surface area contributed by atoms with Crippen LogP contribution in [0.5, 0.6) is 0 Å². The van der Waals surface area contributed by atoms with Crippen LogP contribution in [0.1, 0.15) is 49.7 Å². The molecule has 4 heteroatoms. The summed E-state index contributed by atoms with van der Waals surface area (Å²) in [7, 11) is 0. The molecule has 20 heavy (non-hydrogen) atoms. The van der Waals surface area contributed by atoms with Gasteiger partial charge in [0.15, 0.2) is 0 Å². The molecule has 1 fully saturated rings. The quantitative estimate of drug-likeness (QED) is 0.888. The molecular weight excluding hydrogens is 254 g/mol. The number of carboxylic acid groups (broad SMARTS) is 1. The number of amides is 1. The second-order valence-electron chi connectivity index (χ2n) is 5.60. The third-order valence-corrected chi connectivity index (χ3v) is 4.01. The van der Waals surface area contributed by atoms with Gasteiger partial charge in [0.2, 0.25) is 5.91 Å². The Balaban J connectivity index is 2.33. The molecule has 1 heterocycles. The van der Waals surface area contributed by atoms with Crippen LogP contribution in [0.2, 0.25) is 0 Å². The summed E-state index contributed by atoms with van der Waals surface area (Å²) in [5.41, 5.74) is 1.64. The Kier molecular flexibility index (Phi) is 4.42. The molecule has 1 aliphatic heterocycles. The maximum Gasteiger partial charge on any atom is 0.303 e. The molecule has 1 aliphatic rings. The molecule has 0 aromatic heterocycles. The average molecular weight is 275 g/mol. The highest BCUT2D eigenvalue weighted by Gasteiger charge is 2.35. The first-order chi connectivity index (χ1) is 9.52. The fourth-order valence-corrected chi connectivity index (χ4v) is 2.85. The van der Waals surface area contributed by atoms with Crippen molar-refractivity contribution in [3.05, 3.63) is 35.4 Å². The topological polar surface area (TPSA) is 66.4 Å². The molecule has 108 valence electrons. The van der Waals surface area contributed by atoms with E-state index >= 15 is 0 Å². The van der Waals surface area contributed by atoms with Gasteiger partial charge in [0.1, 0.15) is 0 Å². The predicted octanol–water partition coefficient (Wildman–Crippen LogP) is 2.75. The summed E-state index contributed by atoms with van der Waals surface area (Å²) in [5, 5.41) is 12.1. The van der Waals surface area contributed by atoms with Crippen molar-refractivity contribution in [1.29, 1.82) is 0 Å². The van der Waals surface area contributed by atoms with E-state index in [1.807, 2.05) is 31.2 Å². The molecule has 4 nitrogen and oxygen atoms in total. The largest absolute Gasteiger partial charge is 0.481 e. The third kappa shape index (κ3) is 3.38. The van der Waals surface area contributed by atoms with Crippen LogP contribution in [0.15, 0.2) is 24.3 Å². The molecule has 1 atom stereocenters. The van der Waals surface area contributed by atoms with Gasteiger partial charge in [-0.3, -0.25) is 9.59 Å². The number of carboxylic acids is 1. The van der Waals surface area contributed by atoms with E-state index in [0.29, 0.717) is 12.8 Å². The van der Waals surface area contributed by atoms with Gasteiger partial charge in [0, 0.05) is 12.8 Å². The highest BCUT2D eigenvalue weighted by molar-refractivity contribution is 5.77. The normalized spacial score (nSPS) is 22.9. The summed E-state index contributed by atoms with van der Waals surface area (Å²) in [4.78, 5) is 22.8. The van der Waals surface area contributed by atoms with E-state index in [0.717, 1.165) is 30.4 Å². The van der Waals surface area contributed by atoms with Crippen LogP contribution in [-0.2, 0) is 15.1 Å². The van der Waals surface area contributed by atoms with E-state index in [2.05, 4.69) is 5.32 Å². The van der Waals surface area contributed by atoms with Crippen LogP contribution in [0.25, 0.3) is 0 Å². The summed E-state index contributed by atoms with van der Waals surface area (Å²) in [6, 6.07) is 8.02. The Hall–Kier alpha value is -1.84. The molecule has 2 N–H and O–H groups in total. The number of carbonyl (C=O) groups is 2. The molecule has 0 radical (unpaired) electrons. The predicted molar refractivity (Wildman–Crippen MR) is 76.3 cm³/mol. The minimum atomic E-state index is -0.824. The monoisotopic (exact) mass is 275 g/mol. The second-order valence-corrected chi connectivity index (χ2v) is 5.60. The summed E-state index contributed by atoms with van der Waals surface area (Å²) < 4.78 is 0. The van der Waals surface area contributed by atoms with E-state index in [9.17, 15) is 9.59 Å². The number of aryl methyl sites for hydroxylation is 1. The van der Waals surface area contributed by atoms with Gasteiger partial charge in [-0.1, -0.05) is 36.2 Å². The van der Waals surface area contributed by atoms with Crippen molar-refractivity contribution < 1.29 is 14.7 Å². The van der Waals surface area contributed by atoms with E-state index in [1.165, 1.54) is 0 Å². The number of aliphatic carboxylic acids is 1. The smallest absolute Gasteiger partial charge is 0.303 e. The molecule has 0 bridgehead atoms. The van der Waals surface area contributed by atoms with Crippen LogP contribution < -0.4 is 5.32 Å². The molecule has 1 saturated heterocycles. The molecule has 0 aliphatic carbocycles. The molecule has 0 spiro atoms. The second kappa shape index (κ2) is 6.07. The molecule has 1 amide bonds. The van der Waals surface area contributed by atoms with Crippen LogP contribution >= 0.6 is 0 Å². The maximum atomic E-state index is 11.9. The number of hydrogen-bond acceptors (Lipinski definition) is 2. The van der Waals surface area contributed by atoms with E-state index in [1.54, 1.807) is 0 Å². The number of hydrogen-bond donors (Lipinski definition) is 2. The average Bonchev–Trinajstić information content (AvgIpc) is 2.60. The lowest BCUT2D eigenvalue weighted by Crippen LogP contribution is -2.45. The van der Waals surface area contributed by atoms with Crippen molar-refractivity contribution in [3.8, 4) is 0 Å². The van der Waals surface area contributed by atoms with E-state index < -0.39 is 11.5 Å². The Bertz CT molecular complexity index is 495.